The number of nitrogens with zero attached hydrogens (tertiary/aromatic N) is 3. The molecule has 1 radical (unpaired) electrons. The Morgan fingerprint density at radius 1 is 1.08 bits per heavy atom. The molecule has 1 aromatic rings. The maximum Gasteiger partial charge on any atom is 0.335 e. The van der Waals surface area contributed by atoms with E-state index in [1.165, 1.54) is 0 Å². The van der Waals surface area contributed by atoms with E-state index in [1.54, 1.807) is 0 Å². The van der Waals surface area contributed by atoms with E-state index in [4.69, 9.17) is 5.11 Å². The lowest BCUT2D eigenvalue weighted by atomic mass is 10.2. The summed E-state index contributed by atoms with van der Waals surface area (Å²) < 4.78 is 0. The molecule has 59 valence electrons. The fraction of sp³-hybridized carbons (Fsp3) is 0. The minimum absolute atomic E-state index is 0.283. The van der Waals surface area contributed by atoms with E-state index in [1.807, 2.05) is 30.3 Å². The van der Waals surface area contributed by atoms with Crippen molar-refractivity contribution in [3.63, 3.8) is 0 Å². The molecule has 0 fully saturated rings. The lowest BCUT2D eigenvalue weighted by Gasteiger charge is -1.94. The predicted octanol–water partition coefficient (Wildman–Crippen LogP) is 0.880. The fourth-order valence-corrected chi connectivity index (χ4v) is 0.941. The van der Waals surface area contributed by atoms with Crippen molar-refractivity contribution in [2.75, 3.05) is 0 Å². The average molecular weight is 160 g/mol. The molecule has 0 saturated heterocycles. The number of aliphatic hydroxyl groups is 1. The normalized spacial score (nSPS) is 15.0. The van der Waals surface area contributed by atoms with E-state index < -0.39 is 0 Å². The van der Waals surface area contributed by atoms with Gasteiger partial charge in [-0.2, -0.15) is 4.99 Å². The Bertz CT molecular complexity index is 343. The zero-order chi connectivity index (χ0) is 8.39. The minimum atomic E-state index is -0.283. The number of hydrogen-bond acceptors (Lipinski definition) is 2. The van der Waals surface area contributed by atoms with Crippen molar-refractivity contribution in [1.29, 1.82) is 0 Å². The molecule has 1 aliphatic heterocycles. The van der Waals surface area contributed by atoms with Gasteiger partial charge in [0.1, 0.15) is 0 Å². The molecule has 1 N–H and O–H groups in total. The molecule has 12 heavy (non-hydrogen) atoms. The van der Waals surface area contributed by atoms with Crippen LogP contribution >= 0.6 is 0 Å². The highest BCUT2D eigenvalue weighted by Crippen LogP contribution is 2.03. The van der Waals surface area contributed by atoms with Gasteiger partial charge in [-0.05, 0) is 0 Å². The number of hydrogen-bond donors (Lipinski definition) is 1. The van der Waals surface area contributed by atoms with Crippen molar-refractivity contribution in [2.45, 2.75) is 0 Å². The van der Waals surface area contributed by atoms with Gasteiger partial charge >= 0.3 is 6.02 Å². The van der Waals surface area contributed by atoms with E-state index in [0.29, 0.717) is 5.84 Å². The van der Waals surface area contributed by atoms with Crippen LogP contribution in [0.2, 0.25) is 0 Å². The van der Waals surface area contributed by atoms with E-state index in [0.717, 1.165) is 5.56 Å². The van der Waals surface area contributed by atoms with Gasteiger partial charge in [-0.25, -0.2) is 0 Å². The quantitative estimate of drug-likeness (QED) is 0.651. The second-order valence-electron chi connectivity index (χ2n) is 2.30. The zero-order valence-corrected chi connectivity index (χ0v) is 6.18. The predicted molar refractivity (Wildman–Crippen MR) is 45.2 cm³/mol. The minimum Gasteiger partial charge on any atom is -0.478 e. The Balaban J connectivity index is 2.30. The van der Waals surface area contributed by atoms with Gasteiger partial charge in [-0.1, -0.05) is 35.4 Å². The van der Waals surface area contributed by atoms with Crippen LogP contribution in [0.3, 0.4) is 0 Å². The second kappa shape index (κ2) is 2.65. The highest BCUT2D eigenvalue weighted by atomic mass is 16.3. The van der Waals surface area contributed by atoms with Crippen LogP contribution in [-0.2, 0) is 0 Å². The van der Waals surface area contributed by atoms with Gasteiger partial charge in [0.05, 0.1) is 0 Å². The molecule has 0 amide bonds. The highest BCUT2D eigenvalue weighted by molar-refractivity contribution is 6.06. The lowest BCUT2D eigenvalue weighted by molar-refractivity contribution is 0.542. The molecule has 0 aliphatic carbocycles. The topological polar surface area (TPSA) is 59.1 Å². The van der Waals surface area contributed by atoms with Gasteiger partial charge in [0.2, 0.25) is 0 Å². The first-order chi connectivity index (χ1) is 5.86. The van der Waals surface area contributed by atoms with Crippen molar-refractivity contribution in [3.05, 3.63) is 35.9 Å². The highest BCUT2D eigenvalue weighted by Gasteiger charge is 2.11. The van der Waals surface area contributed by atoms with Crippen LogP contribution in [0.4, 0.5) is 0 Å². The average Bonchev–Trinajstić information content (AvgIpc) is 2.54. The Labute approximate surface area is 69.3 Å². The standard InChI is InChI=1S/C8H6N3O/c12-8-9-7(10-11-8)6-4-2-1-3-5-6/h1-5H,(H,11,12). The molecule has 1 aliphatic rings. The number of aliphatic imine (C=N–C) groups is 1. The Morgan fingerprint density at radius 2 is 1.83 bits per heavy atom. The van der Waals surface area contributed by atoms with Gasteiger partial charge in [-0.15, -0.1) is 5.43 Å². The van der Waals surface area contributed by atoms with Crippen molar-refractivity contribution in [2.24, 2.45) is 10.1 Å². The number of benzene rings is 1. The molecule has 4 nitrogen and oxygen atoms in total. The summed E-state index contributed by atoms with van der Waals surface area (Å²) in [7, 11) is 0. The molecule has 0 bridgehead atoms. The molecular formula is C8H6N3O. The zero-order valence-electron chi connectivity index (χ0n) is 6.18. The fourth-order valence-electron chi connectivity index (χ4n) is 0.941. The molecule has 2 rings (SSSR count). The largest absolute Gasteiger partial charge is 0.478 e. The third-order valence-electron chi connectivity index (χ3n) is 1.47. The van der Waals surface area contributed by atoms with Gasteiger partial charge in [0, 0.05) is 5.56 Å². The summed E-state index contributed by atoms with van der Waals surface area (Å²) in [4.78, 5) is 3.71. The van der Waals surface area contributed by atoms with Gasteiger partial charge < -0.3 is 5.11 Å². The number of aliphatic hydroxyl groups excluding tert-OH is 1. The van der Waals surface area contributed by atoms with Crippen molar-refractivity contribution in [3.8, 4) is 0 Å². The summed E-state index contributed by atoms with van der Waals surface area (Å²) in [5.74, 6) is 0.452. The summed E-state index contributed by atoms with van der Waals surface area (Å²) in [6.45, 7) is 0. The van der Waals surface area contributed by atoms with Crippen molar-refractivity contribution < 1.29 is 5.11 Å². The number of rotatable bonds is 1. The summed E-state index contributed by atoms with van der Waals surface area (Å²) in [6.07, 6.45) is 0. The molecular weight excluding hydrogens is 154 g/mol. The third kappa shape index (κ3) is 1.14. The Morgan fingerprint density at radius 3 is 2.42 bits per heavy atom. The van der Waals surface area contributed by atoms with E-state index in [9.17, 15) is 0 Å². The van der Waals surface area contributed by atoms with Gasteiger partial charge in [-0.3, -0.25) is 0 Å². The molecule has 4 heteroatoms. The summed E-state index contributed by atoms with van der Waals surface area (Å²) >= 11 is 0. The summed E-state index contributed by atoms with van der Waals surface area (Å²) in [5.41, 5.74) is 4.53. The third-order valence-corrected chi connectivity index (χ3v) is 1.47. The van der Waals surface area contributed by atoms with Crippen LogP contribution in [-0.4, -0.2) is 17.0 Å². The van der Waals surface area contributed by atoms with Crippen molar-refractivity contribution >= 4 is 11.9 Å². The first-order valence-corrected chi connectivity index (χ1v) is 3.48. The van der Waals surface area contributed by atoms with Gasteiger partial charge in [0.25, 0.3) is 0 Å². The van der Waals surface area contributed by atoms with E-state index in [-0.39, 0.29) is 6.02 Å². The maximum atomic E-state index is 8.83. The lowest BCUT2D eigenvalue weighted by Crippen LogP contribution is -2.06. The van der Waals surface area contributed by atoms with Crippen LogP contribution in [0.1, 0.15) is 5.56 Å². The molecule has 1 aromatic carbocycles. The van der Waals surface area contributed by atoms with E-state index in [2.05, 4.69) is 15.5 Å². The van der Waals surface area contributed by atoms with Crippen LogP contribution in [0, 0.1) is 0 Å². The molecule has 1 heterocycles. The number of amidine groups is 2. The smallest absolute Gasteiger partial charge is 0.335 e. The molecule has 0 atom stereocenters. The van der Waals surface area contributed by atoms with Crippen LogP contribution in [0.15, 0.2) is 40.4 Å². The SMILES string of the molecule is OC1=N[N]C(c2ccccc2)=N1. The monoisotopic (exact) mass is 160 g/mol. The first-order valence-electron chi connectivity index (χ1n) is 3.48. The molecule has 0 unspecified atom stereocenters. The first kappa shape index (κ1) is 6.84. The van der Waals surface area contributed by atoms with Crippen LogP contribution in [0.25, 0.3) is 0 Å². The van der Waals surface area contributed by atoms with Crippen LogP contribution < -0.4 is 5.43 Å². The molecule has 0 saturated carbocycles. The summed E-state index contributed by atoms with van der Waals surface area (Å²) in [5, 5.41) is 12.2. The summed E-state index contributed by atoms with van der Waals surface area (Å²) in [6, 6.07) is 9.09. The van der Waals surface area contributed by atoms with Crippen LogP contribution in [0.5, 0.6) is 0 Å². The maximum absolute atomic E-state index is 8.83. The Hall–Kier alpha value is -1.84. The van der Waals surface area contributed by atoms with Gasteiger partial charge in [0.15, 0.2) is 5.84 Å². The Kier molecular flexibility index (Phi) is 1.51. The van der Waals surface area contributed by atoms with Crippen molar-refractivity contribution in [1.82, 2.24) is 5.43 Å². The van der Waals surface area contributed by atoms with E-state index >= 15 is 0 Å². The molecule has 0 spiro atoms. The second-order valence-corrected chi connectivity index (χ2v) is 2.30. The molecule has 0 aromatic heterocycles.